The SMILES string of the molecule is Cc1ccsc1C1C(C#N)=C(N)Oc2[nH]c(=O)[nH]c(=S)c21. The monoisotopic (exact) mass is 318 g/mol. The minimum Gasteiger partial charge on any atom is -0.424 e. The molecule has 0 saturated carbocycles. The molecule has 0 bridgehead atoms. The van der Waals surface area contributed by atoms with Gasteiger partial charge in [0.05, 0.1) is 11.5 Å². The Morgan fingerprint density at radius 3 is 2.90 bits per heavy atom. The maximum atomic E-state index is 11.5. The molecule has 106 valence electrons. The highest BCUT2D eigenvalue weighted by Gasteiger charge is 2.34. The van der Waals surface area contributed by atoms with Crippen molar-refractivity contribution in [3.05, 3.63) is 54.0 Å². The highest BCUT2D eigenvalue weighted by Crippen LogP contribution is 2.43. The summed E-state index contributed by atoms with van der Waals surface area (Å²) in [5.74, 6) is -0.253. The molecule has 0 radical (unpaired) electrons. The Hall–Kier alpha value is -2.37. The summed E-state index contributed by atoms with van der Waals surface area (Å²) in [6, 6.07) is 4.04. The molecule has 2 aromatic rings. The van der Waals surface area contributed by atoms with Crippen LogP contribution in [0.25, 0.3) is 0 Å². The fourth-order valence-corrected chi connectivity index (χ4v) is 3.68. The van der Waals surface area contributed by atoms with Crippen LogP contribution in [-0.2, 0) is 0 Å². The Morgan fingerprint density at radius 2 is 2.29 bits per heavy atom. The molecule has 1 unspecified atom stereocenters. The molecule has 1 atom stereocenters. The van der Waals surface area contributed by atoms with Crippen LogP contribution < -0.4 is 16.2 Å². The molecule has 0 aliphatic carbocycles. The number of H-pyrrole nitrogens is 2. The first-order valence-corrected chi connectivity index (χ1v) is 7.29. The van der Waals surface area contributed by atoms with E-state index in [0.29, 0.717) is 11.1 Å². The number of nitriles is 1. The number of nitrogens with zero attached hydrogens (tertiary/aromatic N) is 1. The summed E-state index contributed by atoms with van der Waals surface area (Å²) in [7, 11) is 0. The van der Waals surface area contributed by atoms with E-state index in [9.17, 15) is 10.1 Å². The molecule has 3 heterocycles. The Bertz CT molecular complexity index is 913. The molecular weight excluding hydrogens is 308 g/mol. The largest absolute Gasteiger partial charge is 0.424 e. The standard InChI is InChI=1S/C13H10N4O2S2/c1-5-2-3-21-9(5)7-6(4-14)10(15)19-11-8(7)12(20)17-13(18)16-11/h2-3,7H,15H2,1H3,(H2,16,17,18,20). The van der Waals surface area contributed by atoms with Gasteiger partial charge >= 0.3 is 5.69 Å². The van der Waals surface area contributed by atoms with Gasteiger partial charge in [-0.2, -0.15) is 5.26 Å². The number of aromatic amines is 2. The molecule has 4 N–H and O–H groups in total. The average molecular weight is 318 g/mol. The maximum Gasteiger partial charge on any atom is 0.326 e. The van der Waals surface area contributed by atoms with E-state index in [1.54, 1.807) is 0 Å². The number of aromatic nitrogens is 2. The topological polar surface area (TPSA) is 108 Å². The van der Waals surface area contributed by atoms with Crippen molar-refractivity contribution in [3.8, 4) is 11.9 Å². The van der Waals surface area contributed by atoms with E-state index in [1.165, 1.54) is 11.3 Å². The van der Waals surface area contributed by atoms with Crippen LogP contribution in [0.4, 0.5) is 0 Å². The number of hydrogen-bond acceptors (Lipinski definition) is 6. The van der Waals surface area contributed by atoms with Gasteiger partial charge in [-0.25, -0.2) is 4.79 Å². The molecular formula is C13H10N4O2S2. The number of rotatable bonds is 1. The fraction of sp³-hybridized carbons (Fsp3) is 0.154. The number of nitrogens with one attached hydrogen (secondary N) is 2. The van der Waals surface area contributed by atoms with Gasteiger partial charge in [-0.1, -0.05) is 12.2 Å². The molecule has 0 spiro atoms. The van der Waals surface area contributed by atoms with Gasteiger partial charge in [0.2, 0.25) is 11.8 Å². The predicted octanol–water partition coefficient (Wildman–Crippen LogP) is 2.02. The van der Waals surface area contributed by atoms with Crippen molar-refractivity contribution < 1.29 is 4.74 Å². The molecule has 1 aliphatic heterocycles. The quantitative estimate of drug-likeness (QED) is 0.697. The van der Waals surface area contributed by atoms with Gasteiger partial charge < -0.3 is 10.5 Å². The molecule has 6 nitrogen and oxygen atoms in total. The molecule has 0 fully saturated rings. The van der Waals surface area contributed by atoms with Crippen molar-refractivity contribution in [2.45, 2.75) is 12.8 Å². The predicted molar refractivity (Wildman–Crippen MR) is 80.6 cm³/mol. The van der Waals surface area contributed by atoms with E-state index in [1.807, 2.05) is 18.4 Å². The normalized spacial score (nSPS) is 17.0. The fourth-order valence-electron chi connectivity index (χ4n) is 2.33. The molecule has 8 heteroatoms. The molecule has 2 aromatic heterocycles. The lowest BCUT2D eigenvalue weighted by molar-refractivity contribution is 0.374. The van der Waals surface area contributed by atoms with Crippen LogP contribution in [0, 0.1) is 22.9 Å². The van der Waals surface area contributed by atoms with Crippen molar-refractivity contribution in [1.82, 2.24) is 9.97 Å². The zero-order valence-corrected chi connectivity index (χ0v) is 12.5. The van der Waals surface area contributed by atoms with Crippen molar-refractivity contribution in [2.75, 3.05) is 0 Å². The van der Waals surface area contributed by atoms with Crippen LogP contribution in [0.2, 0.25) is 0 Å². The summed E-state index contributed by atoms with van der Waals surface area (Å²) in [6.45, 7) is 1.95. The lowest BCUT2D eigenvalue weighted by atomic mass is 9.89. The summed E-state index contributed by atoms with van der Waals surface area (Å²) in [4.78, 5) is 17.5. The summed E-state index contributed by atoms with van der Waals surface area (Å²) in [6.07, 6.45) is 0. The maximum absolute atomic E-state index is 11.5. The third kappa shape index (κ3) is 2.07. The van der Waals surface area contributed by atoms with Crippen molar-refractivity contribution >= 4 is 23.6 Å². The van der Waals surface area contributed by atoms with Gasteiger partial charge in [0, 0.05) is 4.88 Å². The highest BCUT2D eigenvalue weighted by atomic mass is 32.1. The Kier molecular flexibility index (Phi) is 3.16. The number of nitrogens with two attached hydrogens (primary N) is 1. The molecule has 0 saturated heterocycles. The molecule has 3 rings (SSSR count). The van der Waals surface area contributed by atoms with Gasteiger partial charge in [-0.05, 0) is 23.9 Å². The lowest BCUT2D eigenvalue weighted by Crippen LogP contribution is -2.25. The molecule has 1 aliphatic rings. The molecule has 0 amide bonds. The van der Waals surface area contributed by atoms with Crippen molar-refractivity contribution in [2.24, 2.45) is 5.73 Å². The first kappa shape index (κ1) is 13.6. The van der Waals surface area contributed by atoms with E-state index in [2.05, 4.69) is 16.0 Å². The second kappa shape index (κ2) is 4.87. The minimum absolute atomic E-state index is 0.0148. The van der Waals surface area contributed by atoms with E-state index in [0.717, 1.165) is 10.4 Å². The zero-order chi connectivity index (χ0) is 15.1. The van der Waals surface area contributed by atoms with Crippen LogP contribution >= 0.6 is 23.6 Å². The summed E-state index contributed by atoms with van der Waals surface area (Å²) in [5, 5.41) is 11.3. The van der Waals surface area contributed by atoms with E-state index < -0.39 is 11.6 Å². The number of ether oxygens (including phenoxy) is 1. The molecule has 0 aromatic carbocycles. The minimum atomic E-state index is -0.478. The van der Waals surface area contributed by atoms with Crippen LogP contribution in [0.15, 0.2) is 27.7 Å². The van der Waals surface area contributed by atoms with Crippen LogP contribution in [0.5, 0.6) is 5.88 Å². The van der Waals surface area contributed by atoms with Gasteiger partial charge in [-0.15, -0.1) is 11.3 Å². The number of thiophene rings is 1. The second-order valence-corrected chi connectivity index (χ2v) is 5.90. The first-order chi connectivity index (χ1) is 10.0. The number of fused-ring (bicyclic) bond motifs is 1. The first-order valence-electron chi connectivity index (χ1n) is 6.01. The average Bonchev–Trinajstić information content (AvgIpc) is 2.82. The number of allylic oxidation sites excluding steroid dienone is 1. The van der Waals surface area contributed by atoms with E-state index in [4.69, 9.17) is 22.7 Å². The zero-order valence-electron chi connectivity index (χ0n) is 10.9. The van der Waals surface area contributed by atoms with Gasteiger partial charge in [0.15, 0.2) is 0 Å². The smallest absolute Gasteiger partial charge is 0.326 e. The third-order valence-electron chi connectivity index (χ3n) is 3.28. The van der Waals surface area contributed by atoms with Crippen LogP contribution in [0.1, 0.15) is 21.9 Å². The van der Waals surface area contributed by atoms with E-state index in [-0.39, 0.29) is 16.4 Å². The van der Waals surface area contributed by atoms with Crippen molar-refractivity contribution in [1.29, 1.82) is 5.26 Å². The Morgan fingerprint density at radius 1 is 1.52 bits per heavy atom. The van der Waals surface area contributed by atoms with Gasteiger partial charge in [0.25, 0.3) is 0 Å². The summed E-state index contributed by atoms with van der Waals surface area (Å²) >= 11 is 6.74. The van der Waals surface area contributed by atoms with Gasteiger partial charge in [0.1, 0.15) is 16.3 Å². The Labute approximate surface area is 128 Å². The number of aryl methyl sites for hydroxylation is 1. The summed E-state index contributed by atoms with van der Waals surface area (Å²) < 4.78 is 5.60. The second-order valence-electron chi connectivity index (χ2n) is 4.54. The van der Waals surface area contributed by atoms with Gasteiger partial charge in [-0.3, -0.25) is 9.97 Å². The summed E-state index contributed by atoms with van der Waals surface area (Å²) in [5.41, 5.74) is 7.22. The lowest BCUT2D eigenvalue weighted by Gasteiger charge is -2.25. The van der Waals surface area contributed by atoms with Crippen LogP contribution in [0.3, 0.4) is 0 Å². The van der Waals surface area contributed by atoms with E-state index >= 15 is 0 Å². The van der Waals surface area contributed by atoms with Crippen LogP contribution in [-0.4, -0.2) is 9.97 Å². The number of hydrogen-bond donors (Lipinski definition) is 3. The molecule has 21 heavy (non-hydrogen) atoms. The van der Waals surface area contributed by atoms with Crippen molar-refractivity contribution in [3.63, 3.8) is 0 Å². The Balaban J connectivity index is 2.37. The third-order valence-corrected chi connectivity index (χ3v) is 4.69. The highest BCUT2D eigenvalue weighted by molar-refractivity contribution is 7.71.